The maximum atomic E-state index is 11.4. The van der Waals surface area contributed by atoms with Crippen LogP contribution in [0.1, 0.15) is 12.0 Å². The van der Waals surface area contributed by atoms with E-state index in [4.69, 9.17) is 11.5 Å². The molecule has 2 amide bonds. The van der Waals surface area contributed by atoms with Gasteiger partial charge in [0.1, 0.15) is 0 Å². The molecular weight excluding hydrogens is 242 g/mol. The number of hydrogen-bond donors (Lipinski definition) is 3. The van der Waals surface area contributed by atoms with Gasteiger partial charge in [0.2, 0.25) is 11.8 Å². The first kappa shape index (κ1) is 15.4. The van der Waals surface area contributed by atoms with E-state index >= 15 is 0 Å². The molecule has 0 saturated heterocycles. The van der Waals surface area contributed by atoms with Crippen LogP contribution in [0, 0.1) is 0 Å². The van der Waals surface area contributed by atoms with E-state index in [1.54, 1.807) is 0 Å². The van der Waals surface area contributed by atoms with E-state index in [1.165, 1.54) is 0 Å². The van der Waals surface area contributed by atoms with Crippen molar-refractivity contribution in [1.82, 2.24) is 5.32 Å². The Hall–Kier alpha value is -1.59. The quantitative estimate of drug-likeness (QED) is 0.688. The molecule has 94 valence electrons. The first-order valence-electron chi connectivity index (χ1n) is 4.95. The number of carbonyl (C=O) groups excluding carboxylic acids is 2. The van der Waals surface area contributed by atoms with Gasteiger partial charge in [-0.1, -0.05) is 30.3 Å². The van der Waals surface area contributed by atoms with E-state index in [9.17, 15) is 9.59 Å². The predicted octanol–water partition coefficient (Wildman–Crippen LogP) is -0.0727. The molecule has 0 aliphatic rings. The summed E-state index contributed by atoms with van der Waals surface area (Å²) in [6.45, 7) is 0.395. The Morgan fingerprint density at radius 1 is 1.24 bits per heavy atom. The highest BCUT2D eigenvalue weighted by Crippen LogP contribution is 1.97. The van der Waals surface area contributed by atoms with Gasteiger partial charge in [0.25, 0.3) is 0 Å². The lowest BCUT2D eigenvalue weighted by Crippen LogP contribution is -2.42. The van der Waals surface area contributed by atoms with Gasteiger partial charge in [-0.2, -0.15) is 0 Å². The second-order valence-electron chi connectivity index (χ2n) is 3.48. The fourth-order valence-electron chi connectivity index (χ4n) is 1.23. The molecule has 0 aliphatic heterocycles. The number of halogens is 1. The minimum absolute atomic E-state index is 0. The molecule has 1 unspecified atom stereocenters. The molecule has 6 heteroatoms. The second-order valence-corrected chi connectivity index (χ2v) is 3.48. The lowest BCUT2D eigenvalue weighted by Gasteiger charge is -2.10. The van der Waals surface area contributed by atoms with Crippen molar-refractivity contribution in [3.8, 4) is 0 Å². The highest BCUT2D eigenvalue weighted by atomic mass is 35.5. The van der Waals surface area contributed by atoms with Gasteiger partial charge in [0.05, 0.1) is 12.5 Å². The third-order valence-corrected chi connectivity index (χ3v) is 2.07. The van der Waals surface area contributed by atoms with Crippen molar-refractivity contribution >= 4 is 24.2 Å². The van der Waals surface area contributed by atoms with E-state index < -0.39 is 11.9 Å². The molecule has 0 bridgehead atoms. The minimum Gasteiger partial charge on any atom is -0.370 e. The van der Waals surface area contributed by atoms with E-state index in [1.807, 2.05) is 30.3 Å². The molecule has 1 aromatic carbocycles. The van der Waals surface area contributed by atoms with E-state index in [2.05, 4.69) is 5.32 Å². The summed E-state index contributed by atoms with van der Waals surface area (Å²) in [4.78, 5) is 22.0. The third-order valence-electron chi connectivity index (χ3n) is 2.07. The fourth-order valence-corrected chi connectivity index (χ4v) is 1.23. The summed E-state index contributed by atoms with van der Waals surface area (Å²) in [5.74, 6) is -0.954. The molecule has 5 N–H and O–H groups in total. The smallest absolute Gasteiger partial charge is 0.237 e. The summed E-state index contributed by atoms with van der Waals surface area (Å²) in [6, 6.07) is 8.56. The van der Waals surface area contributed by atoms with E-state index in [0.29, 0.717) is 6.54 Å². The van der Waals surface area contributed by atoms with Crippen LogP contribution in [-0.4, -0.2) is 17.9 Å². The molecule has 0 radical (unpaired) electrons. The Kier molecular flexibility index (Phi) is 6.93. The number of carbonyl (C=O) groups is 2. The summed E-state index contributed by atoms with van der Waals surface area (Å²) < 4.78 is 0. The highest BCUT2D eigenvalue weighted by molar-refractivity contribution is 5.87. The normalized spacial score (nSPS) is 11.1. The molecule has 0 spiro atoms. The number of benzene rings is 1. The molecular formula is C11H16ClN3O2. The molecule has 0 saturated carbocycles. The van der Waals surface area contributed by atoms with E-state index in [0.717, 1.165) is 5.56 Å². The topological polar surface area (TPSA) is 98.2 Å². The monoisotopic (exact) mass is 257 g/mol. The molecule has 0 aromatic heterocycles. The molecule has 0 fully saturated rings. The van der Waals surface area contributed by atoms with E-state index in [-0.39, 0.29) is 24.7 Å². The Balaban J connectivity index is 0.00000256. The maximum Gasteiger partial charge on any atom is 0.237 e. The zero-order chi connectivity index (χ0) is 12.0. The highest BCUT2D eigenvalue weighted by Gasteiger charge is 2.15. The Morgan fingerprint density at radius 3 is 2.35 bits per heavy atom. The number of hydrogen-bond acceptors (Lipinski definition) is 3. The third kappa shape index (κ3) is 5.89. The van der Waals surface area contributed by atoms with Crippen molar-refractivity contribution in [3.63, 3.8) is 0 Å². The summed E-state index contributed by atoms with van der Waals surface area (Å²) in [5.41, 5.74) is 11.4. The zero-order valence-corrected chi connectivity index (χ0v) is 10.1. The summed E-state index contributed by atoms with van der Waals surface area (Å²) >= 11 is 0. The molecule has 1 rings (SSSR count). The van der Waals surface area contributed by atoms with Crippen molar-refractivity contribution in [2.24, 2.45) is 11.5 Å². The summed E-state index contributed by atoms with van der Waals surface area (Å²) in [7, 11) is 0. The van der Waals surface area contributed by atoms with Gasteiger partial charge in [-0.15, -0.1) is 12.4 Å². The van der Waals surface area contributed by atoms with Gasteiger partial charge in [-0.05, 0) is 5.56 Å². The summed E-state index contributed by atoms with van der Waals surface area (Å²) in [6.07, 6.45) is -0.138. The Bertz CT molecular complexity index is 370. The van der Waals surface area contributed by atoms with Crippen LogP contribution in [0.25, 0.3) is 0 Å². The average Bonchev–Trinajstić information content (AvgIpc) is 2.26. The van der Waals surface area contributed by atoms with Crippen LogP contribution in [0.4, 0.5) is 0 Å². The molecule has 1 atom stereocenters. The van der Waals surface area contributed by atoms with Crippen molar-refractivity contribution in [1.29, 1.82) is 0 Å². The fraction of sp³-hybridized carbons (Fsp3) is 0.273. The van der Waals surface area contributed by atoms with Crippen molar-refractivity contribution in [2.45, 2.75) is 19.0 Å². The zero-order valence-electron chi connectivity index (χ0n) is 9.26. The van der Waals surface area contributed by atoms with Gasteiger partial charge in [-0.25, -0.2) is 0 Å². The molecule has 5 nitrogen and oxygen atoms in total. The Morgan fingerprint density at radius 2 is 1.82 bits per heavy atom. The molecule has 17 heavy (non-hydrogen) atoms. The standard InChI is InChI=1S/C11H15N3O2.ClH/c12-9(6-10(13)15)11(16)14-7-8-4-2-1-3-5-8;/h1-5,9H,6-7,12H2,(H2,13,15)(H,14,16);1H. The maximum absolute atomic E-state index is 11.4. The van der Waals surface area contributed by atoms with Crippen LogP contribution in [-0.2, 0) is 16.1 Å². The van der Waals surface area contributed by atoms with Crippen LogP contribution in [0.5, 0.6) is 0 Å². The van der Waals surface area contributed by atoms with Gasteiger partial charge >= 0.3 is 0 Å². The number of nitrogens with one attached hydrogen (secondary N) is 1. The largest absolute Gasteiger partial charge is 0.370 e. The number of primary amides is 1. The van der Waals surface area contributed by atoms with Gasteiger partial charge in [0, 0.05) is 6.54 Å². The average molecular weight is 258 g/mol. The lowest BCUT2D eigenvalue weighted by atomic mass is 10.2. The lowest BCUT2D eigenvalue weighted by molar-refractivity contribution is -0.126. The van der Waals surface area contributed by atoms with Crippen molar-refractivity contribution < 1.29 is 9.59 Å². The number of amides is 2. The first-order valence-corrected chi connectivity index (χ1v) is 4.95. The van der Waals surface area contributed by atoms with Gasteiger partial charge in [-0.3, -0.25) is 9.59 Å². The summed E-state index contributed by atoms with van der Waals surface area (Å²) in [5, 5.41) is 2.63. The van der Waals surface area contributed by atoms with Gasteiger partial charge < -0.3 is 16.8 Å². The van der Waals surface area contributed by atoms with Crippen molar-refractivity contribution in [3.05, 3.63) is 35.9 Å². The number of nitrogens with two attached hydrogens (primary N) is 2. The van der Waals surface area contributed by atoms with Crippen LogP contribution in [0.15, 0.2) is 30.3 Å². The predicted molar refractivity (Wildman–Crippen MR) is 67.3 cm³/mol. The first-order chi connectivity index (χ1) is 7.59. The second kappa shape index (κ2) is 7.65. The molecule has 0 aliphatic carbocycles. The van der Waals surface area contributed by atoms with Gasteiger partial charge in [0.15, 0.2) is 0 Å². The minimum atomic E-state index is -0.874. The Labute approximate surface area is 106 Å². The van der Waals surface area contributed by atoms with Crippen LogP contribution in [0.3, 0.4) is 0 Å². The van der Waals surface area contributed by atoms with Crippen molar-refractivity contribution in [2.75, 3.05) is 0 Å². The van der Waals surface area contributed by atoms with Crippen LogP contribution >= 0.6 is 12.4 Å². The molecule has 0 heterocycles. The number of rotatable bonds is 5. The molecule has 1 aromatic rings. The SMILES string of the molecule is Cl.NC(=O)CC(N)C(=O)NCc1ccccc1. The van der Waals surface area contributed by atoms with Crippen LogP contribution < -0.4 is 16.8 Å². The van der Waals surface area contributed by atoms with Crippen LogP contribution in [0.2, 0.25) is 0 Å².